The second-order valence-electron chi connectivity index (χ2n) is 2.81. The minimum atomic E-state index is -5.61. The molecule has 0 aromatic heterocycles. The molecular formula is C8H32N4O8Si. The summed E-state index contributed by atoms with van der Waals surface area (Å²) in [4.78, 5) is 34.3. The molecule has 0 radical (unpaired) electrons. The van der Waals surface area contributed by atoms with Crippen LogP contribution in [0.4, 0.5) is 0 Å². The van der Waals surface area contributed by atoms with Gasteiger partial charge in [0.05, 0.1) is 52.6 Å². The molecule has 21 heavy (non-hydrogen) atoms. The summed E-state index contributed by atoms with van der Waals surface area (Å²) in [6.45, 7) is 3.33. The van der Waals surface area contributed by atoms with Crippen LogP contribution in [0.2, 0.25) is 0 Å². The van der Waals surface area contributed by atoms with E-state index in [2.05, 4.69) is 22.9 Å². The highest BCUT2D eigenvalue weighted by Gasteiger charge is 1.61. The molecule has 13 heteroatoms. The Bertz CT molecular complexity index is 103. The minimum Gasteiger partial charge on any atom is -0.894 e. The van der Waals surface area contributed by atoms with E-state index in [0.29, 0.717) is 26.2 Å². The van der Waals surface area contributed by atoms with Crippen LogP contribution in [0.15, 0.2) is 0 Å². The van der Waals surface area contributed by atoms with Gasteiger partial charge >= 0.3 is 0 Å². The first-order valence-corrected chi connectivity index (χ1v) is 7.71. The Morgan fingerprint density at radius 2 is 0.571 bits per heavy atom. The van der Waals surface area contributed by atoms with Crippen LogP contribution in [0.25, 0.3) is 0 Å². The maximum atomic E-state index is 8.58. The number of aliphatic hydroxyl groups is 4. The second kappa shape index (κ2) is 36.7. The first kappa shape index (κ1) is 32.6. The largest absolute Gasteiger partial charge is 0.894 e. The number of hydrogen-bond donors (Lipinski definition) is 8. The summed E-state index contributed by atoms with van der Waals surface area (Å²) in [5, 5.41) is 31.2. The summed E-state index contributed by atoms with van der Waals surface area (Å²) in [6, 6.07) is 0. The lowest BCUT2D eigenvalue weighted by Crippen LogP contribution is -2.82. The van der Waals surface area contributed by atoms with Gasteiger partial charge in [0, 0.05) is 0 Å². The quantitative estimate of drug-likeness (QED) is 0.227. The van der Waals surface area contributed by atoms with Gasteiger partial charge in [-0.05, 0) is 0 Å². The van der Waals surface area contributed by atoms with E-state index in [0.717, 1.165) is 0 Å². The molecule has 0 aliphatic carbocycles. The maximum absolute atomic E-state index is 8.58. The molecule has 12 nitrogen and oxygen atoms in total. The molecule has 0 aromatic carbocycles. The van der Waals surface area contributed by atoms with E-state index in [1.54, 1.807) is 0 Å². The van der Waals surface area contributed by atoms with E-state index < -0.39 is 9.05 Å². The number of rotatable bonds is 4. The molecule has 136 valence electrons. The molecule has 0 saturated heterocycles. The van der Waals surface area contributed by atoms with Gasteiger partial charge in [-0.25, -0.2) is 0 Å². The van der Waals surface area contributed by atoms with Gasteiger partial charge in [-0.2, -0.15) is 0 Å². The number of aliphatic hydroxyl groups excluding tert-OH is 4. The molecule has 0 saturated carbocycles. The van der Waals surface area contributed by atoms with Crippen LogP contribution in [0.1, 0.15) is 0 Å². The van der Waals surface area contributed by atoms with E-state index in [1.807, 2.05) is 0 Å². The van der Waals surface area contributed by atoms with E-state index in [9.17, 15) is 0 Å². The lowest BCUT2D eigenvalue weighted by atomic mass is 10.8. The van der Waals surface area contributed by atoms with Gasteiger partial charge < -0.3 is 71.6 Å². The van der Waals surface area contributed by atoms with Crippen LogP contribution in [0, 0.1) is 0 Å². The Morgan fingerprint density at radius 1 is 0.524 bits per heavy atom. The molecular weight excluding hydrogens is 308 g/mol. The Labute approximate surface area is 125 Å². The van der Waals surface area contributed by atoms with E-state index in [-0.39, 0.29) is 26.4 Å². The van der Waals surface area contributed by atoms with Gasteiger partial charge in [0.2, 0.25) is 0 Å². The van der Waals surface area contributed by atoms with Crippen molar-refractivity contribution in [1.82, 2.24) is 0 Å². The molecule has 0 bridgehead atoms. The molecule has 0 unspecified atom stereocenters. The molecule has 0 atom stereocenters. The Balaban J connectivity index is -0.0000000510. The zero-order valence-corrected chi connectivity index (χ0v) is 13.4. The van der Waals surface area contributed by atoms with Crippen molar-refractivity contribution in [1.29, 1.82) is 0 Å². The third kappa shape index (κ3) is 445. The summed E-state index contributed by atoms with van der Waals surface area (Å²) in [5.74, 6) is 0. The van der Waals surface area contributed by atoms with Crippen LogP contribution in [-0.2, 0) is 0 Å². The van der Waals surface area contributed by atoms with Crippen molar-refractivity contribution < 1.29 is 62.5 Å². The molecule has 0 aliphatic heterocycles. The Morgan fingerprint density at radius 3 is 0.571 bits per heavy atom. The van der Waals surface area contributed by atoms with Crippen molar-refractivity contribution in [3.05, 3.63) is 0 Å². The van der Waals surface area contributed by atoms with E-state index in [4.69, 9.17) is 39.6 Å². The van der Waals surface area contributed by atoms with Crippen LogP contribution in [0.5, 0.6) is 0 Å². The van der Waals surface area contributed by atoms with Gasteiger partial charge in [0.25, 0.3) is 0 Å². The predicted molar refractivity (Wildman–Crippen MR) is 65.1 cm³/mol. The first-order valence-electron chi connectivity index (χ1n) is 6.08. The molecule has 0 rings (SSSR count). The topological polar surface area (TPSA) is 284 Å². The summed E-state index contributed by atoms with van der Waals surface area (Å²) in [7, 11) is -5.61. The van der Waals surface area contributed by atoms with Gasteiger partial charge in [-0.1, -0.05) is 0 Å². The van der Waals surface area contributed by atoms with Crippen molar-refractivity contribution >= 4 is 9.05 Å². The molecule has 0 fully saturated rings. The Hall–Kier alpha value is -0.263. The number of quaternary nitrogens is 4. The lowest BCUT2D eigenvalue weighted by molar-refractivity contribution is -0.624. The van der Waals surface area contributed by atoms with Crippen molar-refractivity contribution in [3.63, 3.8) is 0 Å². The zero-order valence-electron chi connectivity index (χ0n) is 12.4. The average molecular weight is 340 g/mol. The summed E-state index contributed by atoms with van der Waals surface area (Å²) in [5.41, 5.74) is 13.4. The molecule has 0 aliphatic rings. The zero-order chi connectivity index (χ0) is 18.2. The normalized spacial score (nSPS) is 8.57. The third-order valence-corrected chi connectivity index (χ3v) is 0.632. The van der Waals surface area contributed by atoms with E-state index in [1.165, 1.54) is 0 Å². The molecule has 16 N–H and O–H groups in total. The fraction of sp³-hybridized carbons (Fsp3) is 1.00. The predicted octanol–water partition coefficient (Wildman–Crippen LogP) is -12.3. The van der Waals surface area contributed by atoms with Crippen molar-refractivity contribution in [2.24, 2.45) is 0 Å². The van der Waals surface area contributed by atoms with Gasteiger partial charge in [-0.3, -0.25) is 0 Å². The van der Waals surface area contributed by atoms with E-state index >= 15 is 0 Å². The summed E-state index contributed by atoms with van der Waals surface area (Å²) in [6.07, 6.45) is 0. The van der Waals surface area contributed by atoms with Gasteiger partial charge in [0.15, 0.2) is 0 Å². The van der Waals surface area contributed by atoms with Gasteiger partial charge in [-0.15, -0.1) is 0 Å². The fourth-order valence-electron chi connectivity index (χ4n) is 0. The number of hydrogen-bond acceptors (Lipinski definition) is 8. The van der Waals surface area contributed by atoms with Crippen molar-refractivity contribution in [2.75, 3.05) is 52.6 Å². The summed E-state index contributed by atoms with van der Waals surface area (Å²) < 4.78 is 0. The standard InChI is InChI=1S/4C2H7NO.O4Si/c4*3-1-2-4;1-5(2,3)4/h4*4H,1-3H2;/q;;;;-4/p+4. The van der Waals surface area contributed by atoms with Gasteiger partial charge in [0.1, 0.15) is 0 Å². The van der Waals surface area contributed by atoms with Crippen LogP contribution >= 0.6 is 0 Å². The molecule has 0 heterocycles. The monoisotopic (exact) mass is 340 g/mol. The van der Waals surface area contributed by atoms with Crippen molar-refractivity contribution in [3.8, 4) is 0 Å². The van der Waals surface area contributed by atoms with Crippen LogP contribution < -0.4 is 42.1 Å². The Kier molecular flexibility index (Phi) is 57.0. The first-order chi connectivity index (χ1) is 9.66. The average Bonchev–Trinajstić information content (AvgIpc) is 2.45. The second-order valence-corrected chi connectivity index (χ2v) is 3.81. The highest BCUT2D eigenvalue weighted by atomic mass is 28.4. The maximum Gasteiger partial charge on any atom is 0.0974 e. The summed E-state index contributed by atoms with van der Waals surface area (Å²) >= 11 is 0. The van der Waals surface area contributed by atoms with Crippen LogP contribution in [0.3, 0.4) is 0 Å². The minimum absolute atomic E-state index is 0.208. The molecule has 0 aromatic rings. The highest BCUT2D eigenvalue weighted by molar-refractivity contribution is 6.38. The SMILES string of the molecule is [NH3+]CCO.[NH3+]CCO.[NH3+]CCO.[NH3+]CCO.[O-][Si]([O-])([O-])[O-]. The molecule has 0 amide bonds. The third-order valence-electron chi connectivity index (χ3n) is 0.632. The fourth-order valence-corrected chi connectivity index (χ4v) is 0. The smallest absolute Gasteiger partial charge is 0.0974 e. The van der Waals surface area contributed by atoms with Crippen LogP contribution in [-0.4, -0.2) is 82.1 Å². The lowest BCUT2D eigenvalue weighted by Gasteiger charge is -2.67. The molecule has 0 spiro atoms. The van der Waals surface area contributed by atoms with Crippen molar-refractivity contribution in [2.45, 2.75) is 0 Å². The highest BCUT2D eigenvalue weighted by Crippen LogP contribution is 1.30.